The van der Waals surface area contributed by atoms with Crippen molar-refractivity contribution < 1.29 is 9.53 Å². The molecule has 0 saturated carbocycles. The molecule has 0 bridgehead atoms. The van der Waals surface area contributed by atoms with E-state index in [9.17, 15) is 9.59 Å². The normalized spacial score (nSPS) is 15.0. The van der Waals surface area contributed by atoms with Crippen LogP contribution in [0.25, 0.3) is 16.8 Å². The lowest BCUT2D eigenvalue weighted by atomic mass is 9.94. The van der Waals surface area contributed by atoms with E-state index in [2.05, 4.69) is 0 Å². The number of hydrogen-bond acceptors (Lipinski definition) is 6. The first-order chi connectivity index (χ1) is 19.4. The lowest BCUT2D eigenvalue weighted by molar-refractivity contribution is -0.127. The number of fused-ring (bicyclic) bond motifs is 2. The number of carbonyl (C=O) groups excluding carboxylic acids is 1. The summed E-state index contributed by atoms with van der Waals surface area (Å²) in [5.74, 6) is 0.357. The largest absolute Gasteiger partial charge is 0.478 e. The molecule has 1 aliphatic rings. The molecule has 0 spiro atoms. The van der Waals surface area contributed by atoms with E-state index in [0.717, 1.165) is 16.3 Å². The van der Waals surface area contributed by atoms with Gasteiger partial charge in [-0.2, -0.15) is 5.26 Å². The molecule has 2 heterocycles. The van der Waals surface area contributed by atoms with Gasteiger partial charge in [-0.05, 0) is 61.4 Å². The van der Waals surface area contributed by atoms with Crippen LogP contribution in [0.15, 0.2) is 81.7 Å². The number of halogens is 1. The Morgan fingerprint density at radius 1 is 1.15 bits per heavy atom. The van der Waals surface area contributed by atoms with Gasteiger partial charge in [0.2, 0.25) is 0 Å². The molecule has 0 radical (unpaired) electrons. The maximum Gasteiger partial charge on any atom is 0.271 e. The highest BCUT2D eigenvalue weighted by Gasteiger charge is 2.34. The molecule has 40 heavy (non-hydrogen) atoms. The first kappa shape index (κ1) is 27.4. The molecular weight excluding hydrogens is 544 g/mol. The van der Waals surface area contributed by atoms with Crippen molar-refractivity contribution in [1.29, 1.82) is 5.26 Å². The van der Waals surface area contributed by atoms with Crippen LogP contribution >= 0.6 is 22.9 Å². The summed E-state index contributed by atoms with van der Waals surface area (Å²) in [4.78, 5) is 34.9. The van der Waals surface area contributed by atoms with Crippen LogP contribution in [0, 0.1) is 11.3 Å². The number of thiazole rings is 1. The van der Waals surface area contributed by atoms with Crippen molar-refractivity contribution in [2.75, 3.05) is 19.7 Å². The number of nitrogens with zero attached hydrogens (tertiary/aromatic N) is 4. The van der Waals surface area contributed by atoms with Gasteiger partial charge in [-0.1, -0.05) is 65.4 Å². The number of hydrogen-bond donors (Lipinski definition) is 0. The summed E-state index contributed by atoms with van der Waals surface area (Å²) in [6.07, 6.45) is 1.79. The fourth-order valence-corrected chi connectivity index (χ4v) is 6.18. The van der Waals surface area contributed by atoms with Crippen molar-refractivity contribution in [3.05, 3.63) is 108 Å². The van der Waals surface area contributed by atoms with Crippen molar-refractivity contribution in [2.24, 2.45) is 4.99 Å². The molecule has 0 fully saturated rings. The summed E-state index contributed by atoms with van der Waals surface area (Å²) < 4.78 is 7.78. The minimum atomic E-state index is -0.661. The van der Waals surface area contributed by atoms with Gasteiger partial charge in [0.15, 0.2) is 11.4 Å². The van der Waals surface area contributed by atoms with Crippen LogP contribution in [0.2, 0.25) is 5.02 Å². The summed E-state index contributed by atoms with van der Waals surface area (Å²) in [5.41, 5.74) is 2.25. The minimum Gasteiger partial charge on any atom is -0.478 e. The van der Waals surface area contributed by atoms with Gasteiger partial charge in [-0.25, -0.2) is 4.99 Å². The maximum absolute atomic E-state index is 14.1. The molecule has 0 saturated heterocycles. The van der Waals surface area contributed by atoms with E-state index in [4.69, 9.17) is 26.6 Å². The summed E-state index contributed by atoms with van der Waals surface area (Å²) >= 11 is 7.45. The summed E-state index contributed by atoms with van der Waals surface area (Å²) in [6, 6.07) is 20.1. The molecule has 7 nitrogen and oxygen atoms in total. The molecule has 1 amide bonds. The standard InChI is InChI=1S/C31H27ClN4O3S/c1-4-35(5-2)30(38)27-19(3)34-31-36(28(27)21-10-13-22(32)14-11-21)29(37)26(40-31)18-24-23-9-7-6-8-20(23)12-15-25(24)39-17-16-33/h6-15,18,28H,4-5,17H2,1-3H3/b26-18+/t28-/m0/s1. The summed E-state index contributed by atoms with van der Waals surface area (Å²) in [7, 11) is 0. The Morgan fingerprint density at radius 2 is 1.88 bits per heavy atom. The zero-order valence-electron chi connectivity index (χ0n) is 22.3. The Hall–Kier alpha value is -4.19. The fourth-order valence-electron chi connectivity index (χ4n) is 5.03. The van der Waals surface area contributed by atoms with Crippen LogP contribution in [0.5, 0.6) is 5.75 Å². The van der Waals surface area contributed by atoms with Gasteiger partial charge in [0.25, 0.3) is 11.5 Å². The second-order valence-electron chi connectivity index (χ2n) is 9.26. The van der Waals surface area contributed by atoms with Crippen LogP contribution in [-0.4, -0.2) is 35.1 Å². The molecule has 1 aliphatic heterocycles. The Morgan fingerprint density at radius 3 is 2.58 bits per heavy atom. The Labute approximate surface area is 240 Å². The number of likely N-dealkylation sites (N-methyl/N-ethyl adjacent to an activating group) is 1. The Balaban J connectivity index is 1.77. The smallest absolute Gasteiger partial charge is 0.271 e. The van der Waals surface area contributed by atoms with Gasteiger partial charge >= 0.3 is 0 Å². The highest BCUT2D eigenvalue weighted by molar-refractivity contribution is 7.07. The average molecular weight is 571 g/mol. The van der Waals surface area contributed by atoms with E-state index in [1.165, 1.54) is 11.3 Å². The summed E-state index contributed by atoms with van der Waals surface area (Å²) in [5, 5.41) is 11.5. The minimum absolute atomic E-state index is 0.118. The zero-order chi connectivity index (χ0) is 28.4. The van der Waals surface area contributed by atoms with Crippen molar-refractivity contribution >= 4 is 45.7 Å². The monoisotopic (exact) mass is 570 g/mol. The topological polar surface area (TPSA) is 87.7 Å². The second-order valence-corrected chi connectivity index (χ2v) is 10.7. The van der Waals surface area contributed by atoms with E-state index in [0.29, 0.717) is 50.0 Å². The number of nitriles is 1. The first-order valence-electron chi connectivity index (χ1n) is 13.0. The van der Waals surface area contributed by atoms with Crippen LogP contribution in [-0.2, 0) is 4.79 Å². The molecule has 0 N–H and O–H groups in total. The number of rotatable bonds is 7. The number of benzene rings is 3. The predicted octanol–water partition coefficient (Wildman–Crippen LogP) is 4.81. The quantitative estimate of drug-likeness (QED) is 0.319. The molecule has 4 aromatic rings. The Kier molecular flexibility index (Phi) is 7.88. The van der Waals surface area contributed by atoms with E-state index in [1.807, 2.05) is 75.4 Å². The molecule has 1 aromatic heterocycles. The van der Waals surface area contributed by atoms with E-state index in [-0.39, 0.29) is 18.1 Å². The average Bonchev–Trinajstić information content (AvgIpc) is 3.26. The molecule has 0 unspecified atom stereocenters. The van der Waals surface area contributed by atoms with E-state index in [1.54, 1.807) is 27.7 Å². The third kappa shape index (κ3) is 4.94. The van der Waals surface area contributed by atoms with Crippen molar-refractivity contribution in [3.63, 3.8) is 0 Å². The third-order valence-corrected chi connectivity index (χ3v) is 8.22. The van der Waals surface area contributed by atoms with Gasteiger partial charge < -0.3 is 9.64 Å². The van der Waals surface area contributed by atoms with Crippen LogP contribution in [0.3, 0.4) is 0 Å². The maximum atomic E-state index is 14.1. The predicted molar refractivity (Wildman–Crippen MR) is 158 cm³/mol. The van der Waals surface area contributed by atoms with Gasteiger partial charge in [-0.3, -0.25) is 14.2 Å². The highest BCUT2D eigenvalue weighted by atomic mass is 35.5. The fraction of sp³-hybridized carbons (Fsp3) is 0.226. The summed E-state index contributed by atoms with van der Waals surface area (Å²) in [6.45, 7) is 6.63. The number of allylic oxidation sites excluding steroid dienone is 1. The molecular formula is C31H27ClN4O3S. The lowest BCUT2D eigenvalue weighted by Crippen LogP contribution is -2.43. The van der Waals surface area contributed by atoms with Gasteiger partial charge in [0.1, 0.15) is 11.8 Å². The second kappa shape index (κ2) is 11.5. The number of aromatic nitrogens is 1. The van der Waals surface area contributed by atoms with E-state index >= 15 is 0 Å². The van der Waals surface area contributed by atoms with Gasteiger partial charge in [-0.15, -0.1) is 0 Å². The van der Waals surface area contributed by atoms with Gasteiger partial charge in [0, 0.05) is 23.7 Å². The third-order valence-electron chi connectivity index (χ3n) is 6.99. The van der Waals surface area contributed by atoms with Crippen LogP contribution in [0.4, 0.5) is 0 Å². The zero-order valence-corrected chi connectivity index (χ0v) is 23.9. The van der Waals surface area contributed by atoms with Crippen LogP contribution in [0.1, 0.15) is 37.9 Å². The van der Waals surface area contributed by atoms with Crippen molar-refractivity contribution in [2.45, 2.75) is 26.8 Å². The van der Waals surface area contributed by atoms with Crippen molar-refractivity contribution in [3.8, 4) is 11.8 Å². The van der Waals surface area contributed by atoms with Gasteiger partial charge in [0.05, 0.1) is 21.8 Å². The van der Waals surface area contributed by atoms with Crippen LogP contribution < -0.4 is 19.6 Å². The Bertz CT molecular complexity index is 1860. The highest BCUT2D eigenvalue weighted by Crippen LogP contribution is 2.32. The molecule has 0 aliphatic carbocycles. The SMILES string of the molecule is CCN(CC)C(=O)C1=C(C)N=c2s/c(=C/c3c(OCC#N)ccc4ccccc34)c(=O)n2[C@H]1c1ccc(Cl)cc1. The molecule has 202 valence electrons. The molecule has 5 rings (SSSR count). The molecule has 1 atom stereocenters. The first-order valence-corrected chi connectivity index (χ1v) is 14.2. The van der Waals surface area contributed by atoms with Crippen molar-refractivity contribution in [1.82, 2.24) is 9.47 Å². The molecule has 3 aromatic carbocycles. The molecule has 9 heteroatoms. The number of amides is 1. The number of carbonyl (C=O) groups is 1. The number of ether oxygens (including phenoxy) is 1. The lowest BCUT2D eigenvalue weighted by Gasteiger charge is -2.29. The van der Waals surface area contributed by atoms with E-state index < -0.39 is 6.04 Å².